The molecule has 0 bridgehead atoms. The normalized spacial score (nSPS) is 11.1. The maximum Gasteiger partial charge on any atom is 0.172 e. The van der Waals surface area contributed by atoms with Crippen LogP contribution in [-0.4, -0.2) is 9.97 Å². The quantitative estimate of drug-likeness (QED) is 0.449. The van der Waals surface area contributed by atoms with Crippen LogP contribution in [0.3, 0.4) is 0 Å². The molecule has 4 rings (SSSR count). The van der Waals surface area contributed by atoms with Gasteiger partial charge in [0.1, 0.15) is 5.82 Å². The van der Waals surface area contributed by atoms with Gasteiger partial charge in [-0.3, -0.25) is 0 Å². The lowest BCUT2D eigenvalue weighted by Gasteiger charge is -2.09. The number of anilines is 2. The van der Waals surface area contributed by atoms with Crippen molar-refractivity contribution in [3.05, 3.63) is 70.6 Å². The maximum absolute atomic E-state index is 13.3. The van der Waals surface area contributed by atoms with Crippen molar-refractivity contribution in [2.24, 2.45) is 0 Å². The number of benzene rings is 3. The second-order valence-electron chi connectivity index (χ2n) is 5.30. The summed E-state index contributed by atoms with van der Waals surface area (Å²) in [5, 5.41) is 5.42. The molecule has 0 atom stereocenters. The summed E-state index contributed by atoms with van der Waals surface area (Å²) in [6, 6.07) is 16.2. The highest BCUT2D eigenvalue weighted by molar-refractivity contribution is 6.32. The van der Waals surface area contributed by atoms with Gasteiger partial charge in [-0.2, -0.15) is 0 Å². The van der Waals surface area contributed by atoms with Crippen molar-refractivity contribution in [3.63, 3.8) is 0 Å². The molecule has 0 fully saturated rings. The van der Waals surface area contributed by atoms with Gasteiger partial charge in [-0.25, -0.2) is 14.4 Å². The minimum atomic E-state index is -0.482. The highest BCUT2D eigenvalue weighted by Gasteiger charge is 2.09. The van der Waals surface area contributed by atoms with E-state index in [0.29, 0.717) is 22.5 Å². The van der Waals surface area contributed by atoms with Crippen molar-refractivity contribution in [3.8, 4) is 0 Å². The molecule has 1 aromatic heterocycles. The van der Waals surface area contributed by atoms with Crippen molar-refractivity contribution < 1.29 is 4.39 Å². The molecule has 6 heteroatoms. The molecule has 3 nitrogen and oxygen atoms in total. The molecule has 0 unspecified atom stereocenters. The van der Waals surface area contributed by atoms with Gasteiger partial charge in [-0.1, -0.05) is 47.5 Å². The fourth-order valence-corrected chi connectivity index (χ4v) is 2.87. The van der Waals surface area contributed by atoms with Crippen LogP contribution < -0.4 is 5.32 Å². The highest BCUT2D eigenvalue weighted by atomic mass is 35.5. The number of hydrogen-bond acceptors (Lipinski definition) is 3. The molecule has 0 aliphatic heterocycles. The Morgan fingerprint density at radius 1 is 0.833 bits per heavy atom. The molecule has 0 radical (unpaired) electrons. The largest absolute Gasteiger partial charge is 0.338 e. The Morgan fingerprint density at radius 2 is 1.50 bits per heavy atom. The van der Waals surface area contributed by atoms with E-state index in [9.17, 15) is 4.39 Å². The number of fused-ring (bicyclic) bond motifs is 2. The molecule has 1 heterocycles. The van der Waals surface area contributed by atoms with Crippen LogP contribution >= 0.6 is 23.2 Å². The van der Waals surface area contributed by atoms with Crippen LogP contribution in [0.4, 0.5) is 15.9 Å². The monoisotopic (exact) mass is 357 g/mol. The van der Waals surface area contributed by atoms with E-state index in [1.54, 1.807) is 6.07 Å². The molecule has 0 saturated heterocycles. The lowest BCUT2D eigenvalue weighted by molar-refractivity contribution is 0.628. The fraction of sp³-hybridized carbons (Fsp3) is 0. The molecule has 0 saturated carbocycles. The molecule has 24 heavy (non-hydrogen) atoms. The second kappa shape index (κ2) is 5.89. The van der Waals surface area contributed by atoms with Crippen LogP contribution in [0.25, 0.3) is 21.8 Å². The van der Waals surface area contributed by atoms with Crippen LogP contribution in [0.2, 0.25) is 10.2 Å². The minimum absolute atomic E-state index is 0.0239. The van der Waals surface area contributed by atoms with Crippen molar-refractivity contribution in [2.75, 3.05) is 5.32 Å². The van der Waals surface area contributed by atoms with E-state index in [2.05, 4.69) is 15.3 Å². The topological polar surface area (TPSA) is 37.8 Å². The first-order chi connectivity index (χ1) is 11.6. The zero-order valence-corrected chi connectivity index (χ0v) is 13.7. The molecule has 3 aromatic carbocycles. The molecule has 0 aliphatic rings. The Kier molecular flexibility index (Phi) is 3.71. The first-order valence-corrected chi connectivity index (χ1v) is 7.94. The molecule has 0 spiro atoms. The fourth-order valence-electron chi connectivity index (χ4n) is 2.51. The summed E-state index contributed by atoms with van der Waals surface area (Å²) in [5.41, 5.74) is 2.01. The van der Waals surface area contributed by atoms with Gasteiger partial charge >= 0.3 is 0 Å². The third kappa shape index (κ3) is 2.75. The predicted molar refractivity (Wildman–Crippen MR) is 96.7 cm³/mol. The Labute approximate surface area is 147 Å². The molecule has 0 aliphatic carbocycles. The smallest absolute Gasteiger partial charge is 0.172 e. The van der Waals surface area contributed by atoms with Crippen molar-refractivity contribution in [1.82, 2.24) is 9.97 Å². The zero-order chi connectivity index (χ0) is 16.7. The maximum atomic E-state index is 13.3. The van der Waals surface area contributed by atoms with Crippen LogP contribution in [0.15, 0.2) is 54.6 Å². The number of halogens is 3. The SMILES string of the molecule is Fc1ccc(Nc2nc3cc4ccccc4cc3nc2Cl)cc1Cl. The van der Waals surface area contributed by atoms with Crippen molar-refractivity contribution >= 4 is 56.5 Å². The van der Waals surface area contributed by atoms with E-state index in [1.807, 2.05) is 36.4 Å². The van der Waals surface area contributed by atoms with Crippen LogP contribution in [-0.2, 0) is 0 Å². The number of nitrogens with one attached hydrogen (secondary N) is 1. The van der Waals surface area contributed by atoms with Crippen molar-refractivity contribution in [1.29, 1.82) is 0 Å². The van der Waals surface area contributed by atoms with Crippen LogP contribution in [0.1, 0.15) is 0 Å². The van der Waals surface area contributed by atoms with Gasteiger partial charge < -0.3 is 5.32 Å². The van der Waals surface area contributed by atoms with Crippen LogP contribution in [0.5, 0.6) is 0 Å². The Balaban J connectivity index is 1.81. The van der Waals surface area contributed by atoms with Gasteiger partial charge in [-0.15, -0.1) is 0 Å². The zero-order valence-electron chi connectivity index (χ0n) is 12.2. The van der Waals surface area contributed by atoms with Gasteiger partial charge in [0.15, 0.2) is 11.0 Å². The number of rotatable bonds is 2. The number of hydrogen-bond donors (Lipinski definition) is 1. The number of nitrogens with zero attached hydrogens (tertiary/aromatic N) is 2. The summed E-state index contributed by atoms with van der Waals surface area (Å²) in [4.78, 5) is 8.93. The van der Waals surface area contributed by atoms with E-state index in [4.69, 9.17) is 23.2 Å². The lowest BCUT2D eigenvalue weighted by atomic mass is 10.1. The van der Waals surface area contributed by atoms with Crippen molar-refractivity contribution in [2.45, 2.75) is 0 Å². The molecule has 1 N–H and O–H groups in total. The number of aromatic nitrogens is 2. The summed E-state index contributed by atoms with van der Waals surface area (Å²) in [6.45, 7) is 0. The third-order valence-electron chi connectivity index (χ3n) is 3.67. The van der Waals surface area contributed by atoms with E-state index >= 15 is 0 Å². The van der Waals surface area contributed by atoms with E-state index in [1.165, 1.54) is 12.1 Å². The molecular formula is C18H10Cl2FN3. The van der Waals surface area contributed by atoms with E-state index in [0.717, 1.165) is 10.8 Å². The standard InChI is InChI=1S/C18H10Cl2FN3/c19-13-9-12(5-6-14(13)21)22-18-17(20)23-15-7-10-3-1-2-4-11(10)8-16(15)24-18/h1-9H,(H,22,24). The summed E-state index contributed by atoms with van der Waals surface area (Å²) in [6.07, 6.45) is 0. The lowest BCUT2D eigenvalue weighted by Crippen LogP contribution is -1.98. The summed E-state index contributed by atoms with van der Waals surface area (Å²) < 4.78 is 13.3. The molecule has 0 amide bonds. The molecule has 118 valence electrons. The average molecular weight is 358 g/mol. The van der Waals surface area contributed by atoms with Gasteiger partial charge in [0.05, 0.1) is 16.1 Å². The highest BCUT2D eigenvalue weighted by Crippen LogP contribution is 2.28. The Morgan fingerprint density at radius 3 is 2.17 bits per heavy atom. The van der Waals surface area contributed by atoms with Crippen LogP contribution in [0, 0.1) is 5.82 Å². The first kappa shape index (κ1) is 15.1. The third-order valence-corrected chi connectivity index (χ3v) is 4.22. The Bertz CT molecular complexity index is 1080. The molecule has 4 aromatic rings. The van der Waals surface area contributed by atoms with E-state index in [-0.39, 0.29) is 10.2 Å². The average Bonchev–Trinajstić information content (AvgIpc) is 2.57. The van der Waals surface area contributed by atoms with Gasteiger partial charge in [0, 0.05) is 5.69 Å². The van der Waals surface area contributed by atoms with Gasteiger partial charge in [0.25, 0.3) is 0 Å². The minimum Gasteiger partial charge on any atom is -0.338 e. The first-order valence-electron chi connectivity index (χ1n) is 7.18. The summed E-state index contributed by atoms with van der Waals surface area (Å²) in [5.74, 6) is -0.0912. The van der Waals surface area contributed by atoms with Gasteiger partial charge in [0.2, 0.25) is 0 Å². The van der Waals surface area contributed by atoms with E-state index < -0.39 is 5.82 Å². The van der Waals surface area contributed by atoms with Gasteiger partial charge in [-0.05, 0) is 41.1 Å². The summed E-state index contributed by atoms with van der Waals surface area (Å²) >= 11 is 12.0. The molecular weight excluding hydrogens is 348 g/mol. The second-order valence-corrected chi connectivity index (χ2v) is 6.07. The summed E-state index contributed by atoms with van der Waals surface area (Å²) in [7, 11) is 0. The Hall–Kier alpha value is -2.43. The predicted octanol–water partition coefficient (Wildman–Crippen LogP) is 5.97.